The number of carbonyl (C=O) groups excluding carboxylic acids is 5. The normalized spacial score (nSPS) is 20.7. The second-order valence-corrected chi connectivity index (χ2v) is 12.8. The lowest BCUT2D eigenvalue weighted by Gasteiger charge is -2.38. The molecule has 0 radical (unpaired) electrons. The number of carbonyl (C=O) groups is 5. The molecule has 4 amide bonds. The van der Waals surface area contributed by atoms with Crippen molar-refractivity contribution in [3.63, 3.8) is 0 Å². The van der Waals surface area contributed by atoms with Crippen LogP contribution in [0.15, 0.2) is 17.3 Å². The van der Waals surface area contributed by atoms with E-state index in [9.17, 15) is 24.0 Å². The molecule has 2 aliphatic heterocycles. The molecular formula is C30H39N5O8. The zero-order valence-corrected chi connectivity index (χ0v) is 25.2. The molecule has 2 bridgehead atoms. The van der Waals surface area contributed by atoms with Crippen LogP contribution in [0.4, 0.5) is 0 Å². The first kappa shape index (κ1) is 30.3. The maximum Gasteiger partial charge on any atom is 0.289 e. The van der Waals surface area contributed by atoms with Crippen LogP contribution in [0.5, 0.6) is 11.5 Å². The van der Waals surface area contributed by atoms with Gasteiger partial charge in [-0.1, -0.05) is 39.3 Å². The maximum atomic E-state index is 14.2. The Labute approximate surface area is 250 Å². The Balaban J connectivity index is 1.41. The first-order valence-corrected chi connectivity index (χ1v) is 14.7. The molecule has 0 unspecified atom stereocenters. The lowest BCUT2D eigenvalue weighted by Crippen LogP contribution is -2.59. The molecule has 0 aromatic heterocycles. The van der Waals surface area contributed by atoms with Crippen LogP contribution in [0, 0.1) is 5.41 Å². The number of rotatable bonds is 12. The predicted molar refractivity (Wildman–Crippen MR) is 153 cm³/mol. The van der Waals surface area contributed by atoms with Gasteiger partial charge in [0.05, 0.1) is 24.8 Å². The van der Waals surface area contributed by atoms with E-state index in [-0.39, 0.29) is 25.8 Å². The molecule has 1 fully saturated rings. The molecule has 1 saturated carbocycles. The van der Waals surface area contributed by atoms with Crippen molar-refractivity contribution in [2.24, 2.45) is 10.6 Å². The van der Waals surface area contributed by atoms with Gasteiger partial charge < -0.3 is 35.2 Å². The van der Waals surface area contributed by atoms with Crippen molar-refractivity contribution in [3.8, 4) is 11.5 Å². The van der Waals surface area contributed by atoms with Gasteiger partial charge in [0.25, 0.3) is 5.91 Å². The van der Waals surface area contributed by atoms with E-state index in [0.29, 0.717) is 30.1 Å². The van der Waals surface area contributed by atoms with Crippen molar-refractivity contribution in [2.45, 2.75) is 90.4 Å². The van der Waals surface area contributed by atoms with Crippen molar-refractivity contribution >= 4 is 35.1 Å². The van der Waals surface area contributed by atoms with Crippen LogP contribution in [-0.2, 0) is 34.4 Å². The van der Waals surface area contributed by atoms with Gasteiger partial charge >= 0.3 is 0 Å². The molecule has 232 valence electrons. The Kier molecular flexibility index (Phi) is 8.10. The average molecular weight is 598 g/mol. The van der Waals surface area contributed by atoms with Crippen LogP contribution >= 0.6 is 0 Å². The fraction of sp³-hybridized carbons (Fsp3) is 0.600. The zero-order valence-electron chi connectivity index (χ0n) is 25.2. The number of ether oxygens (including phenoxy) is 2. The topological polar surface area (TPSA) is 165 Å². The van der Waals surface area contributed by atoms with Gasteiger partial charge in [-0.2, -0.15) is 0 Å². The highest BCUT2D eigenvalue weighted by molar-refractivity contribution is 6.38. The third-order valence-corrected chi connectivity index (χ3v) is 8.02. The summed E-state index contributed by atoms with van der Waals surface area (Å²) in [5.74, 6) is -1.82. The first-order valence-electron chi connectivity index (χ1n) is 14.7. The van der Waals surface area contributed by atoms with Crippen molar-refractivity contribution in [1.29, 1.82) is 0 Å². The summed E-state index contributed by atoms with van der Waals surface area (Å²) in [6.45, 7) is 8.19. The number of oxime groups is 1. The second-order valence-electron chi connectivity index (χ2n) is 12.8. The molecule has 0 saturated heterocycles. The van der Waals surface area contributed by atoms with Gasteiger partial charge in [-0.3, -0.25) is 24.0 Å². The zero-order chi connectivity index (χ0) is 31.1. The van der Waals surface area contributed by atoms with Crippen LogP contribution in [0.25, 0.3) is 0 Å². The highest BCUT2D eigenvalue weighted by atomic mass is 16.7. The Hall–Kier alpha value is -4.16. The third kappa shape index (κ3) is 6.30. The third-order valence-electron chi connectivity index (χ3n) is 8.02. The number of ketones is 1. The van der Waals surface area contributed by atoms with E-state index in [4.69, 9.17) is 14.3 Å². The number of Topliss-reactive ketones (excluding diaryl/α,β-unsaturated/α-hetero) is 1. The molecule has 3 atom stereocenters. The molecule has 0 spiro atoms. The highest BCUT2D eigenvalue weighted by Crippen LogP contribution is 2.50. The Morgan fingerprint density at radius 1 is 1.09 bits per heavy atom. The Bertz CT molecular complexity index is 1380. The lowest BCUT2D eigenvalue weighted by atomic mass is 9.85. The molecule has 13 heteroatoms. The molecule has 43 heavy (non-hydrogen) atoms. The van der Waals surface area contributed by atoms with E-state index < -0.39 is 59.1 Å². The van der Waals surface area contributed by atoms with Gasteiger partial charge in [0.1, 0.15) is 6.04 Å². The van der Waals surface area contributed by atoms with Crippen LogP contribution in [0.3, 0.4) is 0 Å². The summed E-state index contributed by atoms with van der Waals surface area (Å²) in [7, 11) is 0. The average Bonchev–Trinajstić information content (AvgIpc) is 3.35. The fourth-order valence-electron chi connectivity index (χ4n) is 5.66. The maximum absolute atomic E-state index is 14.2. The van der Waals surface area contributed by atoms with Gasteiger partial charge in [0, 0.05) is 30.5 Å². The summed E-state index contributed by atoms with van der Waals surface area (Å²) < 4.78 is 11.1. The summed E-state index contributed by atoms with van der Waals surface area (Å²) in [6, 6.07) is 1.64. The predicted octanol–water partition coefficient (Wildman–Crippen LogP) is 1.26. The molecule has 1 aromatic carbocycles. The SMILES string of the molecule is CCC[C@H](NC(=O)CN(C[C@@]12CC(=NO1)c1cc3c(cc12)OCO3)C(=O)[C@@H](NC(C)=O)C(C)(C)C)C(=O)C(=O)NC1CC1. The van der Waals surface area contributed by atoms with E-state index in [1.54, 1.807) is 0 Å². The minimum Gasteiger partial charge on any atom is -0.454 e. The monoisotopic (exact) mass is 597 g/mol. The van der Waals surface area contributed by atoms with Gasteiger partial charge in [-0.15, -0.1) is 0 Å². The standard InChI is InChI=1S/C30H39N5O8/c1-6-7-20(25(38)27(39)32-17-8-9-17)33-24(37)13-35(28(40)26(29(3,4)5)31-16(2)36)14-30-12-21(34-43-30)18-10-22-23(11-19(18)30)42-15-41-22/h10-11,17,20,26H,6-9,12-15H2,1-5H3,(H,31,36)(H,32,39)(H,33,37)/t20-,26+,30+/m0/s1. The highest BCUT2D eigenvalue weighted by Gasteiger charge is 2.53. The summed E-state index contributed by atoms with van der Waals surface area (Å²) in [4.78, 5) is 72.4. The summed E-state index contributed by atoms with van der Waals surface area (Å²) in [6.07, 6.45) is 2.82. The Morgan fingerprint density at radius 2 is 1.79 bits per heavy atom. The second kappa shape index (κ2) is 11.5. The fourth-order valence-corrected chi connectivity index (χ4v) is 5.66. The molecule has 5 rings (SSSR count). The summed E-state index contributed by atoms with van der Waals surface area (Å²) >= 11 is 0. The summed E-state index contributed by atoms with van der Waals surface area (Å²) in [5, 5.41) is 12.3. The van der Waals surface area contributed by atoms with Crippen LogP contribution < -0.4 is 25.4 Å². The van der Waals surface area contributed by atoms with E-state index in [1.165, 1.54) is 11.8 Å². The van der Waals surface area contributed by atoms with Crippen molar-refractivity contribution in [1.82, 2.24) is 20.9 Å². The number of nitrogens with one attached hydrogen (secondary N) is 3. The van der Waals surface area contributed by atoms with E-state index in [0.717, 1.165) is 24.0 Å². The minimum absolute atomic E-state index is 0.00379. The number of amides is 4. The van der Waals surface area contributed by atoms with E-state index in [1.807, 2.05) is 39.8 Å². The lowest BCUT2D eigenvalue weighted by molar-refractivity contribution is -0.147. The summed E-state index contributed by atoms with van der Waals surface area (Å²) in [5.41, 5.74) is 0.464. The van der Waals surface area contributed by atoms with E-state index in [2.05, 4.69) is 21.1 Å². The Morgan fingerprint density at radius 3 is 2.42 bits per heavy atom. The molecule has 2 heterocycles. The molecular weight excluding hydrogens is 558 g/mol. The van der Waals surface area contributed by atoms with Crippen LogP contribution in [0.1, 0.15) is 77.8 Å². The van der Waals surface area contributed by atoms with Gasteiger partial charge in [0.2, 0.25) is 30.3 Å². The van der Waals surface area contributed by atoms with Crippen molar-refractivity contribution in [3.05, 3.63) is 23.3 Å². The molecule has 13 nitrogen and oxygen atoms in total. The van der Waals surface area contributed by atoms with Gasteiger partial charge in [0.15, 0.2) is 17.1 Å². The number of benzene rings is 1. The minimum atomic E-state index is -1.09. The molecule has 4 aliphatic rings. The van der Waals surface area contributed by atoms with Crippen molar-refractivity contribution < 1.29 is 38.3 Å². The van der Waals surface area contributed by atoms with E-state index >= 15 is 0 Å². The van der Waals surface area contributed by atoms with Crippen molar-refractivity contribution in [2.75, 3.05) is 19.9 Å². The molecule has 1 aromatic rings. The number of hydrogen-bond donors (Lipinski definition) is 3. The molecule has 2 aliphatic carbocycles. The van der Waals surface area contributed by atoms with Gasteiger partial charge in [-0.05, 0) is 36.8 Å². The van der Waals surface area contributed by atoms with Gasteiger partial charge in [-0.25, -0.2) is 0 Å². The number of nitrogens with zero attached hydrogens (tertiary/aromatic N) is 2. The largest absolute Gasteiger partial charge is 0.454 e. The first-order chi connectivity index (χ1) is 20.3. The molecule has 3 N–H and O–H groups in total. The van der Waals surface area contributed by atoms with Crippen LogP contribution in [-0.4, -0.2) is 78.0 Å². The quantitative estimate of drug-likeness (QED) is 0.303. The van der Waals surface area contributed by atoms with Crippen LogP contribution in [0.2, 0.25) is 0 Å². The number of hydrogen-bond acceptors (Lipinski definition) is 9. The number of fused-ring (bicyclic) bond motifs is 6. The smallest absolute Gasteiger partial charge is 0.289 e.